The number of nitrogens with two attached hydrogens (primary N) is 1. The summed E-state index contributed by atoms with van der Waals surface area (Å²) in [6.07, 6.45) is 0. The molecule has 58 valence electrons. The van der Waals surface area contributed by atoms with Crippen LogP contribution in [0.3, 0.4) is 0 Å². The molecule has 1 aromatic carbocycles. The Kier molecular flexibility index (Phi) is 9.92. The van der Waals surface area contributed by atoms with E-state index in [1.807, 2.05) is 30.3 Å². The molecule has 0 aromatic heterocycles. The maximum Gasteiger partial charge on any atom is 0.0319 e. The van der Waals surface area contributed by atoms with Crippen molar-refractivity contribution in [2.24, 2.45) is 0 Å². The van der Waals surface area contributed by atoms with Gasteiger partial charge >= 0.3 is 0 Å². The summed E-state index contributed by atoms with van der Waals surface area (Å²) < 4.78 is 0. The average molecular weight is 162 g/mol. The predicted octanol–water partition coefficient (Wildman–Crippen LogP) is 1.30. The van der Waals surface area contributed by atoms with Gasteiger partial charge in [0.05, 0.1) is 0 Å². The van der Waals surface area contributed by atoms with Gasteiger partial charge in [0.2, 0.25) is 0 Å². The quantitative estimate of drug-likeness (QED) is 0.564. The van der Waals surface area contributed by atoms with Crippen molar-refractivity contribution in [3.05, 3.63) is 30.3 Å². The van der Waals surface area contributed by atoms with Crippen molar-refractivity contribution in [1.29, 1.82) is 0 Å². The molecule has 0 unspecified atom stereocenters. The molecule has 0 aliphatic heterocycles. The summed E-state index contributed by atoms with van der Waals surface area (Å²) in [5, 5.41) is 7.00. The zero-order chi connectivity index (χ0) is 7.11. The van der Waals surface area contributed by atoms with Crippen molar-refractivity contribution >= 4 is 18.1 Å². The van der Waals surface area contributed by atoms with Gasteiger partial charge in [-0.05, 0) is 12.1 Å². The lowest BCUT2D eigenvalue weighted by Gasteiger charge is -1.83. The van der Waals surface area contributed by atoms with E-state index in [9.17, 15) is 0 Å². The molecule has 3 N–H and O–H groups in total. The maximum absolute atomic E-state index is 7.00. The molecule has 3 heteroatoms. The summed E-state index contributed by atoms with van der Waals surface area (Å²) >= 11 is 0. The minimum atomic E-state index is 0. The summed E-state index contributed by atoms with van der Waals surface area (Å²) in [4.78, 5) is 0. The predicted molar refractivity (Wildman–Crippen MR) is 46.2 cm³/mol. The highest BCUT2D eigenvalue weighted by atomic mass is 35.5. The average Bonchev–Trinajstić information content (AvgIpc) is 1.94. The second-order valence-electron chi connectivity index (χ2n) is 1.41. The van der Waals surface area contributed by atoms with Crippen LogP contribution in [0.25, 0.3) is 0 Å². The molecule has 0 atom stereocenters. The summed E-state index contributed by atoms with van der Waals surface area (Å²) in [5.41, 5.74) is 6.18. The molecular formula is C7H12ClNO. The van der Waals surface area contributed by atoms with E-state index < -0.39 is 0 Å². The highest BCUT2D eigenvalue weighted by Gasteiger charge is 1.72. The standard InChI is InChI=1S/C6H7N.CH4O.ClH/c7-6-4-2-1-3-5-6;1-2;/h1-5H,7H2;2H,1H3;1H. The van der Waals surface area contributed by atoms with Gasteiger partial charge in [0.1, 0.15) is 0 Å². The summed E-state index contributed by atoms with van der Waals surface area (Å²) in [6, 6.07) is 9.49. The lowest BCUT2D eigenvalue weighted by Crippen LogP contribution is -1.79. The SMILES string of the molecule is CO.Cl.Nc1ccccc1. The van der Waals surface area contributed by atoms with E-state index in [1.165, 1.54) is 0 Å². The van der Waals surface area contributed by atoms with Crippen LogP contribution in [0.2, 0.25) is 0 Å². The summed E-state index contributed by atoms with van der Waals surface area (Å²) in [5.74, 6) is 0. The number of rotatable bonds is 0. The number of halogens is 1. The fraction of sp³-hybridized carbons (Fsp3) is 0.143. The van der Waals surface area contributed by atoms with Gasteiger partial charge in [-0.3, -0.25) is 0 Å². The van der Waals surface area contributed by atoms with Crippen molar-refractivity contribution in [2.75, 3.05) is 12.8 Å². The van der Waals surface area contributed by atoms with Crippen molar-refractivity contribution in [3.63, 3.8) is 0 Å². The molecule has 0 radical (unpaired) electrons. The van der Waals surface area contributed by atoms with Crippen LogP contribution >= 0.6 is 12.4 Å². The van der Waals surface area contributed by atoms with E-state index in [-0.39, 0.29) is 12.4 Å². The Morgan fingerprint density at radius 2 is 1.50 bits per heavy atom. The Labute approximate surface area is 67.1 Å². The zero-order valence-corrected chi connectivity index (χ0v) is 6.64. The number of aliphatic hydroxyl groups is 1. The third kappa shape index (κ3) is 5.41. The van der Waals surface area contributed by atoms with Crippen LogP contribution < -0.4 is 5.73 Å². The Hall–Kier alpha value is -0.730. The van der Waals surface area contributed by atoms with Gasteiger partial charge in [0, 0.05) is 12.8 Å². The molecule has 1 rings (SSSR count). The maximum atomic E-state index is 7.00. The molecule has 0 heterocycles. The van der Waals surface area contributed by atoms with Crippen LogP contribution in [-0.4, -0.2) is 12.2 Å². The van der Waals surface area contributed by atoms with Crippen molar-refractivity contribution in [3.8, 4) is 0 Å². The number of hydrogen-bond donors (Lipinski definition) is 2. The van der Waals surface area contributed by atoms with E-state index in [0.29, 0.717) is 0 Å². The fourth-order valence-corrected chi connectivity index (χ4v) is 0.453. The highest BCUT2D eigenvalue weighted by Crippen LogP contribution is 1.95. The third-order valence-corrected chi connectivity index (χ3v) is 0.800. The van der Waals surface area contributed by atoms with Gasteiger partial charge in [-0.1, -0.05) is 18.2 Å². The lowest BCUT2D eigenvalue weighted by molar-refractivity contribution is 0.399. The van der Waals surface area contributed by atoms with Gasteiger partial charge in [-0.25, -0.2) is 0 Å². The third-order valence-electron chi connectivity index (χ3n) is 0.800. The van der Waals surface area contributed by atoms with Crippen molar-refractivity contribution in [2.45, 2.75) is 0 Å². The lowest BCUT2D eigenvalue weighted by atomic mass is 10.3. The van der Waals surface area contributed by atoms with Crippen LogP contribution in [-0.2, 0) is 0 Å². The van der Waals surface area contributed by atoms with Crippen LogP contribution in [0, 0.1) is 0 Å². The van der Waals surface area contributed by atoms with E-state index in [0.717, 1.165) is 12.8 Å². The van der Waals surface area contributed by atoms with E-state index in [1.54, 1.807) is 0 Å². The normalized spacial score (nSPS) is 6.60. The van der Waals surface area contributed by atoms with Gasteiger partial charge in [-0.15, -0.1) is 12.4 Å². The number of nitrogen functional groups attached to an aromatic ring is 1. The number of anilines is 1. The molecule has 0 aliphatic rings. The molecule has 0 spiro atoms. The molecule has 0 bridgehead atoms. The number of hydrogen-bond acceptors (Lipinski definition) is 2. The Morgan fingerprint density at radius 3 is 1.70 bits per heavy atom. The summed E-state index contributed by atoms with van der Waals surface area (Å²) in [7, 11) is 1.00. The van der Waals surface area contributed by atoms with Gasteiger partial charge < -0.3 is 10.8 Å². The Bertz CT molecular complexity index is 144. The van der Waals surface area contributed by atoms with Crippen LogP contribution in [0.1, 0.15) is 0 Å². The molecule has 0 amide bonds. The Balaban J connectivity index is 0. The second kappa shape index (κ2) is 8.27. The molecule has 2 nitrogen and oxygen atoms in total. The molecular weight excluding hydrogens is 150 g/mol. The van der Waals surface area contributed by atoms with E-state index >= 15 is 0 Å². The largest absolute Gasteiger partial charge is 0.400 e. The van der Waals surface area contributed by atoms with Crippen LogP contribution in [0.5, 0.6) is 0 Å². The van der Waals surface area contributed by atoms with Crippen LogP contribution in [0.4, 0.5) is 5.69 Å². The molecule has 0 aliphatic carbocycles. The molecule has 0 saturated carbocycles. The van der Waals surface area contributed by atoms with Crippen LogP contribution in [0.15, 0.2) is 30.3 Å². The molecule has 0 fully saturated rings. The minimum Gasteiger partial charge on any atom is -0.400 e. The first-order valence-corrected chi connectivity index (χ1v) is 2.65. The fourth-order valence-electron chi connectivity index (χ4n) is 0.453. The number of aliphatic hydroxyl groups excluding tert-OH is 1. The second-order valence-corrected chi connectivity index (χ2v) is 1.41. The van der Waals surface area contributed by atoms with Gasteiger partial charge in [0.25, 0.3) is 0 Å². The first kappa shape index (κ1) is 12.0. The smallest absolute Gasteiger partial charge is 0.0319 e. The summed E-state index contributed by atoms with van der Waals surface area (Å²) in [6.45, 7) is 0. The van der Waals surface area contributed by atoms with Gasteiger partial charge in [0.15, 0.2) is 0 Å². The molecule has 0 saturated heterocycles. The number of para-hydroxylation sites is 1. The molecule has 1 aromatic rings. The first-order chi connectivity index (χ1) is 4.39. The topological polar surface area (TPSA) is 46.2 Å². The van der Waals surface area contributed by atoms with E-state index in [4.69, 9.17) is 10.8 Å². The Morgan fingerprint density at radius 1 is 1.10 bits per heavy atom. The van der Waals surface area contributed by atoms with Crippen molar-refractivity contribution < 1.29 is 5.11 Å². The van der Waals surface area contributed by atoms with Crippen molar-refractivity contribution in [1.82, 2.24) is 0 Å². The first-order valence-electron chi connectivity index (χ1n) is 2.65. The number of benzene rings is 1. The van der Waals surface area contributed by atoms with E-state index in [2.05, 4.69) is 0 Å². The molecule has 10 heavy (non-hydrogen) atoms. The van der Waals surface area contributed by atoms with Gasteiger partial charge in [-0.2, -0.15) is 0 Å². The zero-order valence-electron chi connectivity index (χ0n) is 5.82. The highest BCUT2D eigenvalue weighted by molar-refractivity contribution is 5.85. The minimum absolute atomic E-state index is 0. The monoisotopic (exact) mass is 161 g/mol.